The zero-order chi connectivity index (χ0) is 17.7. The van der Waals surface area contributed by atoms with E-state index in [1.165, 1.54) is 25.7 Å². The summed E-state index contributed by atoms with van der Waals surface area (Å²) in [5.41, 5.74) is 4.40. The average molecular weight is 369 g/mol. The molecular weight excluding hydrogens is 347 g/mol. The lowest BCUT2D eigenvalue weighted by Gasteiger charge is -2.34. The number of carbonyl (C=O) groups excluding carboxylic acids is 1. The Morgan fingerprint density at radius 1 is 1.29 bits per heavy atom. The molecule has 0 unspecified atom stereocenters. The summed E-state index contributed by atoms with van der Waals surface area (Å²) in [6, 6.07) is 3.07. The van der Waals surface area contributed by atoms with Crippen LogP contribution in [0.25, 0.3) is 0 Å². The van der Waals surface area contributed by atoms with Crippen molar-refractivity contribution < 1.29 is 9.53 Å². The van der Waals surface area contributed by atoms with Crippen molar-refractivity contribution in [3.05, 3.63) is 27.7 Å². The lowest BCUT2D eigenvalue weighted by molar-refractivity contribution is 0.0954. The van der Waals surface area contributed by atoms with Crippen LogP contribution in [0.4, 0.5) is 0 Å². The minimum absolute atomic E-state index is 0.0557. The van der Waals surface area contributed by atoms with E-state index >= 15 is 0 Å². The van der Waals surface area contributed by atoms with Gasteiger partial charge < -0.3 is 4.74 Å². The Morgan fingerprint density at radius 3 is 2.38 bits per heavy atom. The third-order valence-electron chi connectivity index (χ3n) is 6.27. The molecule has 4 nitrogen and oxygen atoms in total. The summed E-state index contributed by atoms with van der Waals surface area (Å²) in [6.07, 6.45) is 3.31. The summed E-state index contributed by atoms with van der Waals surface area (Å²) < 4.78 is 5.10. The lowest BCUT2D eigenvalue weighted by atomic mass is 9.70. The molecule has 0 spiro atoms. The molecule has 1 aromatic carbocycles. The van der Waals surface area contributed by atoms with Crippen molar-refractivity contribution in [3.8, 4) is 5.75 Å². The Bertz CT molecular complexity index is 707. The number of hydrazone groups is 1. The fraction of sp³-hybridized carbons (Fsp3) is 0.556. The van der Waals surface area contributed by atoms with Gasteiger partial charge >= 0.3 is 0 Å². The van der Waals surface area contributed by atoms with E-state index in [9.17, 15) is 4.79 Å². The second-order valence-corrected chi connectivity index (χ2v) is 8.28. The molecule has 6 heteroatoms. The first-order valence-corrected chi connectivity index (χ1v) is 8.86. The molecule has 0 aromatic heterocycles. The first-order chi connectivity index (χ1) is 11.2. The van der Waals surface area contributed by atoms with Gasteiger partial charge in [0.25, 0.3) is 5.91 Å². The van der Waals surface area contributed by atoms with E-state index in [-0.39, 0.29) is 16.7 Å². The fourth-order valence-corrected chi connectivity index (χ4v) is 4.81. The van der Waals surface area contributed by atoms with Gasteiger partial charge in [0.2, 0.25) is 0 Å². The number of amides is 1. The van der Waals surface area contributed by atoms with E-state index in [1.807, 2.05) is 0 Å². The minimum atomic E-state index is -0.321. The van der Waals surface area contributed by atoms with Crippen LogP contribution in [0.3, 0.4) is 0 Å². The SMILES string of the molecule is COc1c(Cl)cc(C(=O)N/N=C2/C[C@@H]3CC[C@@]2(C)C3(C)C)cc1Cl. The number of benzene rings is 1. The molecule has 1 N–H and O–H groups in total. The van der Waals surface area contributed by atoms with Crippen molar-refractivity contribution in [2.45, 2.75) is 40.0 Å². The quantitative estimate of drug-likeness (QED) is 0.768. The summed E-state index contributed by atoms with van der Waals surface area (Å²) >= 11 is 12.2. The standard InChI is InChI=1S/C18H22Cl2N2O2/c1-17(2)11-5-6-18(17,3)14(9-11)21-22-16(23)10-7-12(19)15(24-4)13(20)8-10/h7-8,11H,5-6,9H2,1-4H3,(H,22,23)/b21-14-/t11-,18+/m0/s1. The zero-order valence-corrected chi connectivity index (χ0v) is 15.9. The number of hydrogen-bond donors (Lipinski definition) is 1. The highest BCUT2D eigenvalue weighted by atomic mass is 35.5. The number of halogens is 2. The molecule has 1 aromatic rings. The smallest absolute Gasteiger partial charge is 0.271 e. The third-order valence-corrected chi connectivity index (χ3v) is 6.83. The normalized spacial score (nSPS) is 29.1. The van der Waals surface area contributed by atoms with E-state index in [0.717, 1.165) is 18.6 Å². The maximum atomic E-state index is 12.4. The highest BCUT2D eigenvalue weighted by molar-refractivity contribution is 6.37. The Labute approximate surface area is 152 Å². The maximum Gasteiger partial charge on any atom is 0.271 e. The van der Waals surface area contributed by atoms with Gasteiger partial charge in [0.1, 0.15) is 0 Å². The van der Waals surface area contributed by atoms with Crippen molar-refractivity contribution in [2.75, 3.05) is 7.11 Å². The molecule has 1 amide bonds. The second kappa shape index (κ2) is 5.92. The molecule has 0 radical (unpaired) electrons. The number of carbonyl (C=O) groups is 1. The van der Waals surface area contributed by atoms with Crippen molar-refractivity contribution in [3.63, 3.8) is 0 Å². The van der Waals surface area contributed by atoms with Gasteiger partial charge in [-0.15, -0.1) is 0 Å². The van der Waals surface area contributed by atoms with Crippen molar-refractivity contribution in [1.29, 1.82) is 0 Å². The number of rotatable bonds is 3. The van der Waals surface area contributed by atoms with Gasteiger partial charge in [-0.3, -0.25) is 4.79 Å². The molecule has 0 heterocycles. The monoisotopic (exact) mass is 368 g/mol. The topological polar surface area (TPSA) is 50.7 Å². The van der Waals surface area contributed by atoms with Crippen molar-refractivity contribution in [1.82, 2.24) is 5.43 Å². The van der Waals surface area contributed by atoms with Crippen molar-refractivity contribution in [2.24, 2.45) is 21.8 Å². The van der Waals surface area contributed by atoms with Gasteiger partial charge in [0, 0.05) is 16.7 Å². The molecule has 3 rings (SSSR count). The van der Waals surface area contributed by atoms with Crippen LogP contribution < -0.4 is 10.2 Å². The Morgan fingerprint density at radius 2 is 1.92 bits per heavy atom. The van der Waals surface area contributed by atoms with Gasteiger partial charge in [0.05, 0.1) is 17.2 Å². The Kier molecular flexibility index (Phi) is 4.33. The number of fused-ring (bicyclic) bond motifs is 2. The molecule has 2 aliphatic carbocycles. The molecule has 130 valence electrons. The second-order valence-electron chi connectivity index (χ2n) is 7.47. The van der Waals surface area contributed by atoms with Crippen LogP contribution in [-0.4, -0.2) is 18.7 Å². The molecule has 0 aliphatic heterocycles. The molecule has 2 saturated carbocycles. The van der Waals surface area contributed by atoms with Crippen LogP contribution in [-0.2, 0) is 0 Å². The van der Waals surface area contributed by atoms with E-state index < -0.39 is 0 Å². The number of nitrogens with one attached hydrogen (secondary N) is 1. The lowest BCUT2D eigenvalue weighted by Crippen LogP contribution is -2.34. The largest absolute Gasteiger partial charge is 0.494 e. The highest BCUT2D eigenvalue weighted by Crippen LogP contribution is 2.63. The molecule has 2 fully saturated rings. The van der Waals surface area contributed by atoms with Gasteiger partial charge in [-0.2, -0.15) is 5.10 Å². The molecular formula is C18H22Cl2N2O2. The van der Waals surface area contributed by atoms with Crippen LogP contribution in [0.2, 0.25) is 10.0 Å². The van der Waals surface area contributed by atoms with Crippen LogP contribution in [0.15, 0.2) is 17.2 Å². The van der Waals surface area contributed by atoms with Crippen LogP contribution >= 0.6 is 23.2 Å². The number of methoxy groups -OCH3 is 1. The van der Waals surface area contributed by atoms with E-state index in [0.29, 0.717) is 27.3 Å². The highest BCUT2D eigenvalue weighted by Gasteiger charge is 2.60. The number of ether oxygens (including phenoxy) is 1. The average Bonchev–Trinajstić information content (AvgIpc) is 2.85. The predicted octanol–water partition coefficient (Wildman–Crippen LogP) is 4.93. The van der Waals surface area contributed by atoms with Crippen LogP contribution in [0.5, 0.6) is 5.75 Å². The van der Waals surface area contributed by atoms with Crippen molar-refractivity contribution >= 4 is 34.8 Å². The Hall–Kier alpha value is -1.26. The molecule has 24 heavy (non-hydrogen) atoms. The number of nitrogens with zero attached hydrogens (tertiary/aromatic N) is 1. The summed E-state index contributed by atoms with van der Waals surface area (Å²) in [5, 5.41) is 5.05. The Balaban J connectivity index is 1.80. The fourth-order valence-electron chi connectivity index (χ4n) is 4.17. The van der Waals surface area contributed by atoms with E-state index in [2.05, 4.69) is 31.3 Å². The number of hydrogen-bond acceptors (Lipinski definition) is 3. The third kappa shape index (κ3) is 2.51. The van der Waals surface area contributed by atoms with Crippen LogP contribution in [0.1, 0.15) is 50.4 Å². The molecule has 2 aliphatic rings. The maximum absolute atomic E-state index is 12.4. The van der Waals surface area contributed by atoms with Crippen LogP contribution in [0, 0.1) is 16.7 Å². The van der Waals surface area contributed by atoms with Gasteiger partial charge in [-0.1, -0.05) is 44.0 Å². The van der Waals surface area contributed by atoms with E-state index in [4.69, 9.17) is 27.9 Å². The summed E-state index contributed by atoms with van der Waals surface area (Å²) in [6.45, 7) is 6.86. The van der Waals surface area contributed by atoms with E-state index in [1.54, 1.807) is 0 Å². The molecule has 2 atom stereocenters. The minimum Gasteiger partial charge on any atom is -0.494 e. The summed E-state index contributed by atoms with van der Waals surface area (Å²) in [7, 11) is 1.48. The first kappa shape index (κ1) is 17.6. The van der Waals surface area contributed by atoms with Gasteiger partial charge in [-0.25, -0.2) is 5.43 Å². The first-order valence-electron chi connectivity index (χ1n) is 8.11. The molecule has 0 saturated heterocycles. The summed E-state index contributed by atoms with van der Waals surface area (Å²) in [5.74, 6) is 0.685. The zero-order valence-electron chi connectivity index (χ0n) is 14.4. The summed E-state index contributed by atoms with van der Waals surface area (Å²) in [4.78, 5) is 12.4. The van der Waals surface area contributed by atoms with Gasteiger partial charge in [0.15, 0.2) is 5.75 Å². The molecule has 2 bridgehead atoms. The predicted molar refractivity (Wildman–Crippen MR) is 97.1 cm³/mol. The van der Waals surface area contributed by atoms with Gasteiger partial charge in [-0.05, 0) is 42.7 Å².